The molecular weight excluding hydrogens is 282 g/mol. The van der Waals surface area contributed by atoms with Crippen molar-refractivity contribution in [1.82, 2.24) is 4.72 Å². The zero-order chi connectivity index (χ0) is 13.9. The summed E-state index contributed by atoms with van der Waals surface area (Å²) >= 11 is 5.69. The molecule has 1 unspecified atom stereocenters. The van der Waals surface area contributed by atoms with Crippen LogP contribution in [0.1, 0.15) is 6.92 Å². The molecule has 0 aliphatic rings. The highest BCUT2D eigenvalue weighted by Crippen LogP contribution is 2.22. The standard InChI is InChI=1S/C14H16ClNO2S/c1-11(9-15)10-16-19(17,18)14-8-4-6-12-5-2-3-7-13(12)14/h2-8,11,16H,9-10H2,1H3. The molecule has 0 aliphatic heterocycles. The predicted molar refractivity (Wildman–Crippen MR) is 79.0 cm³/mol. The second-order valence-electron chi connectivity index (χ2n) is 4.59. The van der Waals surface area contributed by atoms with Gasteiger partial charge in [-0.2, -0.15) is 0 Å². The number of fused-ring (bicyclic) bond motifs is 1. The van der Waals surface area contributed by atoms with Crippen LogP contribution in [0.4, 0.5) is 0 Å². The van der Waals surface area contributed by atoms with Gasteiger partial charge in [0, 0.05) is 17.8 Å². The lowest BCUT2D eigenvalue weighted by Crippen LogP contribution is -2.29. The van der Waals surface area contributed by atoms with Gasteiger partial charge in [0.25, 0.3) is 0 Å². The molecule has 2 rings (SSSR count). The third-order valence-corrected chi connectivity index (χ3v) is 4.93. The van der Waals surface area contributed by atoms with E-state index in [9.17, 15) is 8.42 Å². The molecule has 3 nitrogen and oxygen atoms in total. The molecule has 1 N–H and O–H groups in total. The summed E-state index contributed by atoms with van der Waals surface area (Å²) in [6, 6.07) is 12.7. The van der Waals surface area contributed by atoms with Crippen LogP contribution in [0.15, 0.2) is 47.4 Å². The lowest BCUT2D eigenvalue weighted by Gasteiger charge is -2.12. The maximum atomic E-state index is 12.3. The molecule has 0 bridgehead atoms. The molecule has 0 saturated heterocycles. The Balaban J connectivity index is 2.38. The van der Waals surface area contributed by atoms with Gasteiger partial charge < -0.3 is 0 Å². The first-order valence-electron chi connectivity index (χ1n) is 6.08. The van der Waals surface area contributed by atoms with Gasteiger partial charge in [0.1, 0.15) is 0 Å². The summed E-state index contributed by atoms with van der Waals surface area (Å²) in [5, 5.41) is 1.65. The average molecular weight is 298 g/mol. The summed E-state index contributed by atoms with van der Waals surface area (Å²) < 4.78 is 27.2. The van der Waals surface area contributed by atoms with Crippen LogP contribution in [-0.2, 0) is 10.0 Å². The Bertz CT molecular complexity index is 665. The van der Waals surface area contributed by atoms with Crippen LogP contribution in [0.25, 0.3) is 10.8 Å². The lowest BCUT2D eigenvalue weighted by molar-refractivity contribution is 0.562. The Kier molecular flexibility index (Phi) is 4.45. The highest BCUT2D eigenvalue weighted by atomic mass is 35.5. The fraction of sp³-hybridized carbons (Fsp3) is 0.286. The average Bonchev–Trinajstić information content (AvgIpc) is 2.44. The van der Waals surface area contributed by atoms with Gasteiger partial charge in [-0.05, 0) is 17.4 Å². The SMILES string of the molecule is CC(CCl)CNS(=O)(=O)c1cccc2ccccc12. The molecule has 0 saturated carbocycles. The number of rotatable bonds is 5. The minimum absolute atomic E-state index is 0.103. The van der Waals surface area contributed by atoms with E-state index < -0.39 is 10.0 Å². The topological polar surface area (TPSA) is 46.2 Å². The Morgan fingerprint density at radius 2 is 1.84 bits per heavy atom. The molecule has 0 heterocycles. The van der Waals surface area contributed by atoms with Crippen molar-refractivity contribution in [3.8, 4) is 0 Å². The quantitative estimate of drug-likeness (QED) is 0.862. The number of benzene rings is 2. The van der Waals surface area contributed by atoms with Gasteiger partial charge in [0.2, 0.25) is 10.0 Å². The van der Waals surface area contributed by atoms with Crippen molar-refractivity contribution in [2.45, 2.75) is 11.8 Å². The van der Waals surface area contributed by atoms with Crippen molar-refractivity contribution >= 4 is 32.4 Å². The highest BCUT2D eigenvalue weighted by Gasteiger charge is 2.17. The summed E-state index contributed by atoms with van der Waals surface area (Å²) in [6.45, 7) is 2.24. The highest BCUT2D eigenvalue weighted by molar-refractivity contribution is 7.89. The Morgan fingerprint density at radius 3 is 2.58 bits per heavy atom. The van der Waals surface area contributed by atoms with Crippen molar-refractivity contribution < 1.29 is 8.42 Å². The largest absolute Gasteiger partial charge is 0.241 e. The van der Waals surface area contributed by atoms with Crippen LogP contribution in [0.3, 0.4) is 0 Å². The molecule has 102 valence electrons. The fourth-order valence-electron chi connectivity index (χ4n) is 1.81. The summed E-state index contributed by atoms with van der Waals surface area (Å²) in [5.41, 5.74) is 0. The minimum atomic E-state index is -3.50. The molecule has 19 heavy (non-hydrogen) atoms. The molecule has 0 amide bonds. The van der Waals surface area contributed by atoms with E-state index in [-0.39, 0.29) is 5.92 Å². The molecule has 0 aliphatic carbocycles. The van der Waals surface area contributed by atoms with Gasteiger partial charge in [-0.1, -0.05) is 43.3 Å². The van der Waals surface area contributed by atoms with E-state index in [0.717, 1.165) is 10.8 Å². The first-order valence-corrected chi connectivity index (χ1v) is 8.10. The van der Waals surface area contributed by atoms with Gasteiger partial charge in [-0.25, -0.2) is 13.1 Å². The molecule has 5 heteroatoms. The summed E-state index contributed by atoms with van der Waals surface area (Å²) in [7, 11) is -3.50. The van der Waals surface area contributed by atoms with Crippen molar-refractivity contribution in [3.63, 3.8) is 0 Å². The molecular formula is C14H16ClNO2S. The second-order valence-corrected chi connectivity index (χ2v) is 6.63. The monoisotopic (exact) mass is 297 g/mol. The number of hydrogen-bond donors (Lipinski definition) is 1. The first-order chi connectivity index (χ1) is 9.04. The van der Waals surface area contributed by atoms with E-state index in [2.05, 4.69) is 4.72 Å². The number of halogens is 1. The van der Waals surface area contributed by atoms with Gasteiger partial charge in [-0.15, -0.1) is 11.6 Å². The Labute approximate surface area is 118 Å². The van der Waals surface area contributed by atoms with E-state index in [1.54, 1.807) is 12.1 Å². The molecule has 0 radical (unpaired) electrons. The maximum absolute atomic E-state index is 12.3. The Hall–Kier alpha value is -1.10. The van der Waals surface area contributed by atoms with E-state index in [1.165, 1.54) is 0 Å². The summed E-state index contributed by atoms with van der Waals surface area (Å²) in [4.78, 5) is 0.312. The summed E-state index contributed by atoms with van der Waals surface area (Å²) in [6.07, 6.45) is 0. The first kappa shape index (κ1) is 14.3. The zero-order valence-electron chi connectivity index (χ0n) is 10.6. The second kappa shape index (κ2) is 5.90. The van der Waals surface area contributed by atoms with Crippen molar-refractivity contribution in [3.05, 3.63) is 42.5 Å². The zero-order valence-corrected chi connectivity index (χ0v) is 12.2. The van der Waals surface area contributed by atoms with Crippen molar-refractivity contribution in [1.29, 1.82) is 0 Å². The molecule has 0 fully saturated rings. The number of alkyl halides is 1. The molecule has 2 aromatic rings. The van der Waals surface area contributed by atoms with Gasteiger partial charge in [0.05, 0.1) is 4.90 Å². The molecule has 2 aromatic carbocycles. The van der Waals surface area contributed by atoms with E-state index >= 15 is 0 Å². The van der Waals surface area contributed by atoms with Crippen molar-refractivity contribution in [2.75, 3.05) is 12.4 Å². The number of sulfonamides is 1. The van der Waals surface area contributed by atoms with E-state index in [0.29, 0.717) is 17.3 Å². The molecule has 0 aromatic heterocycles. The smallest absolute Gasteiger partial charge is 0.211 e. The predicted octanol–water partition coefficient (Wildman–Crippen LogP) is 2.99. The fourth-order valence-corrected chi connectivity index (χ4v) is 3.32. The molecule has 0 spiro atoms. The van der Waals surface area contributed by atoms with Crippen LogP contribution in [0.5, 0.6) is 0 Å². The van der Waals surface area contributed by atoms with Crippen LogP contribution < -0.4 is 4.72 Å². The van der Waals surface area contributed by atoms with Crippen LogP contribution >= 0.6 is 11.6 Å². The Morgan fingerprint density at radius 1 is 1.16 bits per heavy atom. The van der Waals surface area contributed by atoms with E-state index in [1.807, 2.05) is 37.3 Å². The third-order valence-electron chi connectivity index (χ3n) is 2.92. The number of hydrogen-bond acceptors (Lipinski definition) is 2. The van der Waals surface area contributed by atoms with Crippen LogP contribution in [0.2, 0.25) is 0 Å². The van der Waals surface area contributed by atoms with Crippen molar-refractivity contribution in [2.24, 2.45) is 5.92 Å². The van der Waals surface area contributed by atoms with Gasteiger partial charge in [-0.3, -0.25) is 0 Å². The number of nitrogens with one attached hydrogen (secondary N) is 1. The van der Waals surface area contributed by atoms with E-state index in [4.69, 9.17) is 11.6 Å². The summed E-state index contributed by atoms with van der Waals surface area (Å²) in [5.74, 6) is 0.532. The third kappa shape index (κ3) is 3.26. The van der Waals surface area contributed by atoms with Gasteiger partial charge in [0.15, 0.2) is 0 Å². The van der Waals surface area contributed by atoms with Gasteiger partial charge >= 0.3 is 0 Å². The normalized spacial score (nSPS) is 13.6. The van der Waals surface area contributed by atoms with Crippen LogP contribution in [-0.4, -0.2) is 20.8 Å². The minimum Gasteiger partial charge on any atom is -0.211 e. The maximum Gasteiger partial charge on any atom is 0.241 e. The lowest BCUT2D eigenvalue weighted by atomic mass is 10.1. The van der Waals surface area contributed by atoms with Crippen LogP contribution in [0, 0.1) is 5.92 Å². The molecule has 1 atom stereocenters.